The van der Waals surface area contributed by atoms with Crippen molar-refractivity contribution in [1.29, 1.82) is 0 Å². The molecule has 0 saturated heterocycles. The lowest BCUT2D eigenvalue weighted by Gasteiger charge is -2.13. The van der Waals surface area contributed by atoms with Crippen LogP contribution >= 0.6 is 23.2 Å². The van der Waals surface area contributed by atoms with Crippen molar-refractivity contribution in [2.75, 3.05) is 4.72 Å². The number of nitrogens with one attached hydrogen (secondary N) is 2. The van der Waals surface area contributed by atoms with Gasteiger partial charge in [-0.2, -0.15) is 0 Å². The SMILES string of the molecule is CC[C@H](C)NS(=O)(=O)c1ccc(NS(=O)(=O)c2cc(Cl)ccc2Cl)cc1. The average molecular weight is 437 g/mol. The van der Waals surface area contributed by atoms with Gasteiger partial charge in [-0.25, -0.2) is 21.6 Å². The smallest absolute Gasteiger partial charge is 0.263 e. The fraction of sp³-hybridized carbons (Fsp3) is 0.250. The van der Waals surface area contributed by atoms with E-state index in [0.717, 1.165) is 0 Å². The van der Waals surface area contributed by atoms with Gasteiger partial charge in [-0.1, -0.05) is 30.1 Å². The molecule has 0 radical (unpaired) electrons. The molecule has 2 aromatic rings. The highest BCUT2D eigenvalue weighted by atomic mass is 35.5. The van der Waals surface area contributed by atoms with E-state index in [-0.39, 0.29) is 31.6 Å². The molecule has 0 aliphatic heterocycles. The average Bonchev–Trinajstić information content (AvgIpc) is 2.56. The fourth-order valence-electron chi connectivity index (χ4n) is 2.01. The second-order valence-corrected chi connectivity index (χ2v) is 9.84. The van der Waals surface area contributed by atoms with Crippen molar-refractivity contribution in [3.63, 3.8) is 0 Å². The highest BCUT2D eigenvalue weighted by Crippen LogP contribution is 2.27. The molecule has 0 saturated carbocycles. The summed E-state index contributed by atoms with van der Waals surface area (Å²) in [7, 11) is -7.63. The van der Waals surface area contributed by atoms with E-state index in [1.807, 2.05) is 6.92 Å². The summed E-state index contributed by atoms with van der Waals surface area (Å²) in [6.07, 6.45) is 0.650. The van der Waals surface area contributed by atoms with Crippen LogP contribution in [0, 0.1) is 0 Å². The normalized spacial score (nSPS) is 13.4. The maximum absolute atomic E-state index is 12.5. The molecular formula is C16H18Cl2N2O4S2. The van der Waals surface area contributed by atoms with Gasteiger partial charge in [-0.05, 0) is 55.8 Å². The van der Waals surface area contributed by atoms with Crippen LogP contribution in [0.3, 0.4) is 0 Å². The van der Waals surface area contributed by atoms with Crippen LogP contribution in [0.5, 0.6) is 0 Å². The molecule has 0 aromatic heterocycles. The van der Waals surface area contributed by atoms with Gasteiger partial charge in [-0.3, -0.25) is 4.72 Å². The minimum atomic E-state index is -3.97. The van der Waals surface area contributed by atoms with Gasteiger partial charge >= 0.3 is 0 Å². The molecule has 6 nitrogen and oxygen atoms in total. The lowest BCUT2D eigenvalue weighted by molar-refractivity contribution is 0.556. The molecule has 26 heavy (non-hydrogen) atoms. The number of benzene rings is 2. The third-order valence-electron chi connectivity index (χ3n) is 3.57. The number of halogens is 2. The van der Waals surface area contributed by atoms with Gasteiger partial charge in [0.25, 0.3) is 10.0 Å². The van der Waals surface area contributed by atoms with Crippen molar-refractivity contribution >= 4 is 48.9 Å². The molecule has 0 aliphatic carbocycles. The zero-order valence-electron chi connectivity index (χ0n) is 14.0. The standard InChI is InChI=1S/C16H18Cl2N2O4S2/c1-3-11(2)19-25(21,22)14-7-5-13(6-8-14)20-26(23,24)16-10-12(17)4-9-15(16)18/h4-11,19-20H,3H2,1-2H3/t11-/m0/s1. The van der Waals surface area contributed by atoms with E-state index in [2.05, 4.69) is 9.44 Å². The maximum atomic E-state index is 12.5. The van der Waals surface area contributed by atoms with Crippen LogP contribution in [0.1, 0.15) is 20.3 Å². The van der Waals surface area contributed by atoms with Crippen LogP contribution in [-0.2, 0) is 20.0 Å². The summed E-state index contributed by atoms with van der Waals surface area (Å²) >= 11 is 11.8. The van der Waals surface area contributed by atoms with Gasteiger partial charge in [0.2, 0.25) is 10.0 Å². The molecule has 0 bridgehead atoms. The summed E-state index contributed by atoms with van der Waals surface area (Å²) in [5.74, 6) is 0. The van der Waals surface area contributed by atoms with Crippen molar-refractivity contribution in [2.24, 2.45) is 0 Å². The van der Waals surface area contributed by atoms with Gasteiger partial charge in [-0.15, -0.1) is 0 Å². The van der Waals surface area contributed by atoms with Crippen LogP contribution < -0.4 is 9.44 Å². The van der Waals surface area contributed by atoms with Gasteiger partial charge in [0.1, 0.15) is 4.90 Å². The first-order valence-electron chi connectivity index (χ1n) is 7.65. The molecule has 2 aromatic carbocycles. The van der Waals surface area contributed by atoms with Crippen LogP contribution in [0.15, 0.2) is 52.3 Å². The zero-order valence-corrected chi connectivity index (χ0v) is 17.2. The number of hydrogen-bond donors (Lipinski definition) is 2. The van der Waals surface area contributed by atoms with Crippen molar-refractivity contribution in [3.05, 3.63) is 52.5 Å². The molecule has 0 heterocycles. The Balaban J connectivity index is 2.25. The summed E-state index contributed by atoms with van der Waals surface area (Å²) in [6, 6.07) is 9.26. The Morgan fingerprint density at radius 1 is 0.962 bits per heavy atom. The van der Waals surface area contributed by atoms with E-state index < -0.39 is 20.0 Å². The Morgan fingerprint density at radius 3 is 2.15 bits per heavy atom. The Kier molecular flexibility index (Phi) is 6.57. The Labute approximate surface area is 163 Å². The van der Waals surface area contributed by atoms with E-state index in [0.29, 0.717) is 6.42 Å². The summed E-state index contributed by atoms with van der Waals surface area (Å²) < 4.78 is 54.2. The lowest BCUT2D eigenvalue weighted by Crippen LogP contribution is -2.31. The molecule has 10 heteroatoms. The van der Waals surface area contributed by atoms with Crippen molar-refractivity contribution in [1.82, 2.24) is 4.72 Å². The predicted octanol–water partition coefficient (Wildman–Crippen LogP) is 3.87. The van der Waals surface area contributed by atoms with Crippen molar-refractivity contribution < 1.29 is 16.8 Å². The summed E-state index contributed by atoms with van der Waals surface area (Å²) in [4.78, 5) is -0.122. The fourth-order valence-corrected chi connectivity index (χ4v) is 5.16. The third kappa shape index (κ3) is 5.11. The van der Waals surface area contributed by atoms with E-state index in [1.165, 1.54) is 42.5 Å². The Hall–Kier alpha value is -1.32. The van der Waals surface area contributed by atoms with Gasteiger partial charge in [0.05, 0.1) is 9.92 Å². The number of anilines is 1. The van der Waals surface area contributed by atoms with E-state index >= 15 is 0 Å². The summed E-state index contributed by atoms with van der Waals surface area (Å²) in [5, 5.41) is 0.256. The molecule has 2 rings (SSSR count). The van der Waals surface area contributed by atoms with Gasteiger partial charge < -0.3 is 0 Å². The first-order chi connectivity index (χ1) is 12.0. The molecule has 0 spiro atoms. The number of hydrogen-bond acceptors (Lipinski definition) is 4. The molecule has 1 atom stereocenters. The quantitative estimate of drug-likeness (QED) is 0.688. The molecule has 142 valence electrons. The first kappa shape index (κ1) is 21.0. The van der Waals surface area contributed by atoms with E-state index in [9.17, 15) is 16.8 Å². The molecule has 0 amide bonds. The van der Waals surface area contributed by atoms with Crippen molar-refractivity contribution in [2.45, 2.75) is 36.1 Å². The highest BCUT2D eigenvalue weighted by Gasteiger charge is 2.20. The van der Waals surface area contributed by atoms with Crippen LogP contribution in [0.25, 0.3) is 0 Å². The molecule has 0 aliphatic rings. The van der Waals surface area contributed by atoms with Crippen molar-refractivity contribution in [3.8, 4) is 0 Å². The molecule has 0 unspecified atom stereocenters. The summed E-state index contributed by atoms with van der Waals surface area (Å²) in [6.45, 7) is 3.63. The minimum absolute atomic E-state index is 0.0267. The Morgan fingerprint density at radius 2 is 1.58 bits per heavy atom. The highest BCUT2D eigenvalue weighted by molar-refractivity contribution is 7.92. The molecular weight excluding hydrogens is 419 g/mol. The second-order valence-electron chi connectivity index (χ2n) is 5.64. The summed E-state index contributed by atoms with van der Waals surface area (Å²) in [5.41, 5.74) is 0.198. The third-order valence-corrected chi connectivity index (χ3v) is 7.27. The number of sulfonamides is 2. The lowest BCUT2D eigenvalue weighted by atomic mass is 10.3. The van der Waals surface area contributed by atoms with Crippen LogP contribution in [0.4, 0.5) is 5.69 Å². The monoisotopic (exact) mass is 436 g/mol. The van der Waals surface area contributed by atoms with Gasteiger partial charge in [0.15, 0.2) is 0 Å². The molecule has 0 fully saturated rings. The van der Waals surface area contributed by atoms with Crippen LogP contribution in [0.2, 0.25) is 10.0 Å². The maximum Gasteiger partial charge on any atom is 0.263 e. The molecule has 2 N–H and O–H groups in total. The first-order valence-corrected chi connectivity index (χ1v) is 11.4. The Bertz CT molecular complexity index is 991. The zero-order chi connectivity index (χ0) is 19.5. The topological polar surface area (TPSA) is 92.3 Å². The van der Waals surface area contributed by atoms with E-state index in [1.54, 1.807) is 6.92 Å². The largest absolute Gasteiger partial charge is 0.280 e. The number of rotatable bonds is 7. The second kappa shape index (κ2) is 8.14. The predicted molar refractivity (Wildman–Crippen MR) is 104 cm³/mol. The van der Waals surface area contributed by atoms with Gasteiger partial charge in [0, 0.05) is 16.8 Å². The minimum Gasteiger partial charge on any atom is -0.280 e. The van der Waals surface area contributed by atoms with E-state index in [4.69, 9.17) is 23.2 Å². The van der Waals surface area contributed by atoms with Crippen LogP contribution in [-0.4, -0.2) is 22.9 Å².